The molecule has 2 rings (SSSR count). The Kier molecular flexibility index (Phi) is 7.15. The van der Waals surface area contributed by atoms with E-state index in [1.807, 2.05) is 0 Å². The van der Waals surface area contributed by atoms with Crippen LogP contribution in [0.15, 0.2) is 48.5 Å². The van der Waals surface area contributed by atoms with Crippen LogP contribution in [0.1, 0.15) is 51.2 Å². The Morgan fingerprint density at radius 1 is 0.826 bits per heavy atom. The summed E-state index contributed by atoms with van der Waals surface area (Å²) in [5.74, 6) is 0.954. The summed E-state index contributed by atoms with van der Waals surface area (Å²) in [6.07, 6.45) is 5.07. The van der Waals surface area contributed by atoms with E-state index in [4.69, 9.17) is 9.47 Å². The Balaban J connectivity index is 1.91. The van der Waals surface area contributed by atoms with Crippen LogP contribution >= 0.6 is 0 Å². The highest BCUT2D eigenvalue weighted by Gasteiger charge is 2.04. The average molecular weight is 312 g/mol. The number of methoxy groups -OCH3 is 1. The second kappa shape index (κ2) is 9.36. The van der Waals surface area contributed by atoms with Crippen LogP contribution in [0.25, 0.3) is 11.1 Å². The van der Waals surface area contributed by atoms with Crippen LogP contribution in [0, 0.1) is 0 Å². The molecule has 0 aliphatic heterocycles. The number of ether oxygens (including phenoxy) is 2. The second-order valence-corrected chi connectivity index (χ2v) is 5.93. The Morgan fingerprint density at radius 3 is 2.00 bits per heavy atom. The van der Waals surface area contributed by atoms with Gasteiger partial charge in [-0.3, -0.25) is 0 Å². The van der Waals surface area contributed by atoms with Gasteiger partial charge in [0.1, 0.15) is 5.75 Å². The maximum absolute atomic E-state index is 5.79. The molecule has 0 spiro atoms. The Bertz CT molecular complexity index is 557. The maximum Gasteiger partial charge on any atom is 0.119 e. The van der Waals surface area contributed by atoms with Crippen molar-refractivity contribution in [3.63, 3.8) is 0 Å². The van der Waals surface area contributed by atoms with Crippen molar-refractivity contribution in [3.8, 4) is 16.9 Å². The van der Waals surface area contributed by atoms with Crippen molar-refractivity contribution >= 4 is 0 Å². The molecule has 1 atom stereocenters. The summed E-state index contributed by atoms with van der Waals surface area (Å²) >= 11 is 0. The normalized spacial score (nSPS) is 12.1. The minimum Gasteiger partial charge on any atom is -0.494 e. The van der Waals surface area contributed by atoms with Gasteiger partial charge in [-0.25, -0.2) is 0 Å². The number of hydrogen-bond acceptors (Lipinski definition) is 2. The molecule has 0 radical (unpaired) electrons. The number of hydrogen-bond donors (Lipinski definition) is 0. The number of rotatable bonds is 9. The SMILES string of the molecule is CCCCCCOc1ccc(-c2ccc(C(C)OC)cc2)cc1. The molecule has 0 aliphatic carbocycles. The van der Waals surface area contributed by atoms with E-state index in [0.717, 1.165) is 18.8 Å². The smallest absolute Gasteiger partial charge is 0.119 e. The van der Waals surface area contributed by atoms with Gasteiger partial charge in [-0.1, -0.05) is 62.6 Å². The first-order valence-electron chi connectivity index (χ1n) is 8.60. The molecule has 0 fully saturated rings. The lowest BCUT2D eigenvalue weighted by molar-refractivity contribution is 0.119. The first-order chi connectivity index (χ1) is 11.2. The van der Waals surface area contributed by atoms with Crippen molar-refractivity contribution in [3.05, 3.63) is 54.1 Å². The van der Waals surface area contributed by atoms with E-state index in [2.05, 4.69) is 62.4 Å². The van der Waals surface area contributed by atoms with Crippen LogP contribution in [0.2, 0.25) is 0 Å². The van der Waals surface area contributed by atoms with Crippen molar-refractivity contribution in [1.82, 2.24) is 0 Å². The molecule has 0 heterocycles. The third kappa shape index (κ3) is 5.40. The topological polar surface area (TPSA) is 18.5 Å². The molecule has 0 bridgehead atoms. The third-order valence-electron chi connectivity index (χ3n) is 4.19. The fourth-order valence-corrected chi connectivity index (χ4v) is 2.55. The van der Waals surface area contributed by atoms with Crippen LogP contribution in [0.5, 0.6) is 5.75 Å². The second-order valence-electron chi connectivity index (χ2n) is 5.93. The molecule has 0 amide bonds. The van der Waals surface area contributed by atoms with Crippen molar-refractivity contribution in [2.24, 2.45) is 0 Å². The van der Waals surface area contributed by atoms with E-state index in [1.165, 1.54) is 36.0 Å². The Labute approximate surface area is 140 Å². The van der Waals surface area contributed by atoms with Gasteiger partial charge in [0.05, 0.1) is 12.7 Å². The van der Waals surface area contributed by atoms with Crippen molar-refractivity contribution < 1.29 is 9.47 Å². The molecule has 2 heteroatoms. The molecule has 2 aromatic rings. The number of benzene rings is 2. The van der Waals surface area contributed by atoms with E-state index < -0.39 is 0 Å². The number of unbranched alkanes of at least 4 members (excludes halogenated alkanes) is 3. The average Bonchev–Trinajstić information content (AvgIpc) is 2.61. The fourth-order valence-electron chi connectivity index (χ4n) is 2.55. The standard InChI is InChI=1S/C21H28O2/c1-4-5-6-7-16-23-21-14-12-20(13-15-21)19-10-8-18(9-11-19)17(2)22-3/h8-15,17H,4-7,16H2,1-3H3. The van der Waals surface area contributed by atoms with Gasteiger partial charge in [0, 0.05) is 7.11 Å². The maximum atomic E-state index is 5.79. The van der Waals surface area contributed by atoms with Crippen molar-refractivity contribution in [2.45, 2.75) is 45.6 Å². The van der Waals surface area contributed by atoms with E-state index in [9.17, 15) is 0 Å². The largest absolute Gasteiger partial charge is 0.494 e. The van der Waals surface area contributed by atoms with Gasteiger partial charge < -0.3 is 9.47 Å². The molecule has 0 aliphatic rings. The summed E-state index contributed by atoms with van der Waals surface area (Å²) in [6.45, 7) is 5.09. The van der Waals surface area contributed by atoms with Gasteiger partial charge in [-0.05, 0) is 42.2 Å². The molecule has 2 nitrogen and oxygen atoms in total. The molecular formula is C21H28O2. The van der Waals surface area contributed by atoms with Gasteiger partial charge in [-0.15, -0.1) is 0 Å². The van der Waals surface area contributed by atoms with Crippen LogP contribution < -0.4 is 4.74 Å². The lowest BCUT2D eigenvalue weighted by atomic mass is 10.0. The van der Waals surface area contributed by atoms with Crippen LogP contribution in [0.3, 0.4) is 0 Å². The van der Waals surface area contributed by atoms with E-state index >= 15 is 0 Å². The van der Waals surface area contributed by atoms with E-state index in [0.29, 0.717) is 0 Å². The molecular weight excluding hydrogens is 284 g/mol. The molecule has 124 valence electrons. The molecule has 0 N–H and O–H groups in total. The van der Waals surface area contributed by atoms with Gasteiger partial charge >= 0.3 is 0 Å². The third-order valence-corrected chi connectivity index (χ3v) is 4.19. The molecule has 2 aromatic carbocycles. The van der Waals surface area contributed by atoms with E-state index in [1.54, 1.807) is 7.11 Å². The minimum absolute atomic E-state index is 0.132. The summed E-state index contributed by atoms with van der Waals surface area (Å²) in [6, 6.07) is 16.9. The molecule has 0 saturated carbocycles. The zero-order chi connectivity index (χ0) is 16.5. The molecule has 23 heavy (non-hydrogen) atoms. The quantitative estimate of drug-likeness (QED) is 0.527. The zero-order valence-electron chi connectivity index (χ0n) is 14.5. The van der Waals surface area contributed by atoms with Gasteiger partial charge in [-0.2, -0.15) is 0 Å². The highest BCUT2D eigenvalue weighted by molar-refractivity contribution is 5.64. The summed E-state index contributed by atoms with van der Waals surface area (Å²) in [7, 11) is 1.74. The van der Waals surface area contributed by atoms with Gasteiger partial charge in [0.2, 0.25) is 0 Å². The van der Waals surface area contributed by atoms with Crippen molar-refractivity contribution in [1.29, 1.82) is 0 Å². The minimum atomic E-state index is 0.132. The Morgan fingerprint density at radius 2 is 1.43 bits per heavy atom. The monoisotopic (exact) mass is 312 g/mol. The first kappa shape index (κ1) is 17.6. The molecule has 0 saturated heterocycles. The summed E-state index contributed by atoms with van der Waals surface area (Å²) in [5.41, 5.74) is 3.62. The highest BCUT2D eigenvalue weighted by Crippen LogP contribution is 2.25. The lowest BCUT2D eigenvalue weighted by Gasteiger charge is -2.11. The highest BCUT2D eigenvalue weighted by atomic mass is 16.5. The summed E-state index contributed by atoms with van der Waals surface area (Å²) < 4.78 is 11.1. The van der Waals surface area contributed by atoms with Crippen LogP contribution in [-0.2, 0) is 4.74 Å². The predicted molar refractivity (Wildman–Crippen MR) is 96.9 cm³/mol. The van der Waals surface area contributed by atoms with Gasteiger partial charge in [0.15, 0.2) is 0 Å². The van der Waals surface area contributed by atoms with Crippen molar-refractivity contribution in [2.75, 3.05) is 13.7 Å². The lowest BCUT2D eigenvalue weighted by Crippen LogP contribution is -1.97. The van der Waals surface area contributed by atoms with Crippen LogP contribution in [-0.4, -0.2) is 13.7 Å². The fraction of sp³-hybridized carbons (Fsp3) is 0.429. The first-order valence-corrected chi connectivity index (χ1v) is 8.60. The summed E-state index contributed by atoms with van der Waals surface area (Å²) in [4.78, 5) is 0. The Hall–Kier alpha value is -1.80. The molecule has 1 unspecified atom stereocenters. The predicted octanol–water partition coefficient (Wildman–Crippen LogP) is 6.02. The van der Waals surface area contributed by atoms with E-state index in [-0.39, 0.29) is 6.10 Å². The van der Waals surface area contributed by atoms with Gasteiger partial charge in [0.25, 0.3) is 0 Å². The zero-order valence-corrected chi connectivity index (χ0v) is 14.5. The van der Waals surface area contributed by atoms with Crippen LogP contribution in [0.4, 0.5) is 0 Å². The summed E-state index contributed by atoms with van der Waals surface area (Å²) in [5, 5.41) is 0. The molecule has 0 aromatic heterocycles.